The van der Waals surface area contributed by atoms with Gasteiger partial charge in [0, 0.05) is 58.8 Å². The number of guanidine groups is 1. The molecule has 1 aromatic rings. The van der Waals surface area contributed by atoms with Crippen LogP contribution in [0, 0.1) is 0 Å². The minimum Gasteiger partial charge on any atom is -0.379 e. The van der Waals surface area contributed by atoms with E-state index in [2.05, 4.69) is 43.9 Å². The summed E-state index contributed by atoms with van der Waals surface area (Å²) in [6.45, 7) is 9.41. The summed E-state index contributed by atoms with van der Waals surface area (Å²) < 4.78 is 5.55. The highest BCUT2D eigenvalue weighted by Gasteiger charge is 2.20. The Morgan fingerprint density at radius 2 is 1.92 bits per heavy atom. The summed E-state index contributed by atoms with van der Waals surface area (Å²) >= 11 is 0. The highest BCUT2D eigenvalue weighted by atomic mass is 127. The van der Waals surface area contributed by atoms with Crippen LogP contribution in [0.15, 0.2) is 23.5 Å². The standard InChI is InChI=1S/C16H28N6O.HI/c1-14(2)23-13-5-8-18-15(17-3)21-9-11-22(12-10-21)16-19-6-4-7-20-16;/h4,6-7,14H,5,8-13H2,1-3H3,(H,17,18);1H. The molecular formula is C16H29IN6O. The molecule has 1 fully saturated rings. The van der Waals surface area contributed by atoms with E-state index in [0.717, 1.165) is 57.7 Å². The highest BCUT2D eigenvalue weighted by molar-refractivity contribution is 14.0. The molecule has 1 aliphatic heterocycles. The maximum atomic E-state index is 5.55. The third kappa shape index (κ3) is 6.76. The molecule has 0 saturated carbocycles. The van der Waals surface area contributed by atoms with Crippen molar-refractivity contribution in [3.63, 3.8) is 0 Å². The van der Waals surface area contributed by atoms with E-state index in [1.807, 2.05) is 13.1 Å². The van der Waals surface area contributed by atoms with Crippen LogP contribution >= 0.6 is 24.0 Å². The van der Waals surface area contributed by atoms with Crippen molar-refractivity contribution in [1.82, 2.24) is 20.2 Å². The number of hydrogen-bond acceptors (Lipinski definition) is 5. The van der Waals surface area contributed by atoms with Gasteiger partial charge in [-0.05, 0) is 26.3 Å². The Morgan fingerprint density at radius 1 is 1.25 bits per heavy atom. The number of anilines is 1. The molecule has 0 atom stereocenters. The third-order valence-corrected chi connectivity index (χ3v) is 3.68. The van der Waals surface area contributed by atoms with Crippen molar-refractivity contribution in [3.8, 4) is 0 Å². The molecule has 0 aromatic carbocycles. The number of nitrogens with one attached hydrogen (secondary N) is 1. The largest absolute Gasteiger partial charge is 0.379 e. The molecule has 0 spiro atoms. The summed E-state index contributed by atoms with van der Waals surface area (Å²) in [6.07, 6.45) is 4.85. The van der Waals surface area contributed by atoms with Crippen molar-refractivity contribution < 1.29 is 4.74 Å². The molecule has 1 saturated heterocycles. The quantitative estimate of drug-likeness (QED) is 0.309. The number of halogens is 1. The van der Waals surface area contributed by atoms with E-state index in [9.17, 15) is 0 Å². The Balaban J connectivity index is 0.00000288. The van der Waals surface area contributed by atoms with Gasteiger partial charge in [0.1, 0.15) is 0 Å². The van der Waals surface area contributed by atoms with E-state index in [0.29, 0.717) is 6.10 Å². The van der Waals surface area contributed by atoms with Gasteiger partial charge in [-0.1, -0.05) is 0 Å². The predicted molar refractivity (Wildman–Crippen MR) is 108 cm³/mol. The van der Waals surface area contributed by atoms with Gasteiger partial charge in [-0.3, -0.25) is 4.99 Å². The zero-order valence-corrected chi connectivity index (χ0v) is 17.1. The van der Waals surface area contributed by atoms with Crippen LogP contribution in [0.1, 0.15) is 20.3 Å². The Morgan fingerprint density at radius 3 is 2.50 bits per heavy atom. The smallest absolute Gasteiger partial charge is 0.225 e. The molecule has 0 radical (unpaired) electrons. The van der Waals surface area contributed by atoms with Crippen LogP contribution in [-0.4, -0.2) is 73.3 Å². The predicted octanol–water partition coefficient (Wildman–Crippen LogP) is 1.61. The average Bonchev–Trinajstić information content (AvgIpc) is 2.59. The summed E-state index contributed by atoms with van der Waals surface area (Å²) in [5.74, 6) is 1.77. The maximum Gasteiger partial charge on any atom is 0.225 e. The normalized spacial score (nSPS) is 15.4. The number of aromatic nitrogens is 2. The Labute approximate surface area is 161 Å². The first-order valence-electron chi connectivity index (χ1n) is 8.30. The van der Waals surface area contributed by atoms with Crippen molar-refractivity contribution in [1.29, 1.82) is 0 Å². The maximum absolute atomic E-state index is 5.55. The van der Waals surface area contributed by atoms with Crippen LogP contribution in [0.5, 0.6) is 0 Å². The van der Waals surface area contributed by atoms with Crippen LogP contribution in [-0.2, 0) is 4.74 Å². The fraction of sp³-hybridized carbons (Fsp3) is 0.688. The van der Waals surface area contributed by atoms with Crippen molar-refractivity contribution in [3.05, 3.63) is 18.5 Å². The molecule has 2 heterocycles. The lowest BCUT2D eigenvalue weighted by molar-refractivity contribution is 0.0775. The molecule has 0 bridgehead atoms. The first kappa shape index (κ1) is 20.9. The molecule has 0 unspecified atom stereocenters. The molecule has 8 heteroatoms. The molecular weight excluding hydrogens is 419 g/mol. The second-order valence-corrected chi connectivity index (χ2v) is 5.77. The van der Waals surface area contributed by atoms with E-state index < -0.39 is 0 Å². The lowest BCUT2D eigenvalue weighted by Gasteiger charge is -2.36. The summed E-state index contributed by atoms with van der Waals surface area (Å²) in [6, 6.07) is 1.84. The van der Waals surface area contributed by atoms with E-state index in [4.69, 9.17) is 4.74 Å². The topological polar surface area (TPSA) is 65.9 Å². The second kappa shape index (κ2) is 11.4. The Bertz CT molecular complexity index is 477. The SMILES string of the molecule is CN=C(NCCCOC(C)C)N1CCN(c2ncccn2)CC1.I. The van der Waals surface area contributed by atoms with Gasteiger partial charge in [0.2, 0.25) is 5.95 Å². The molecule has 1 aromatic heterocycles. The Kier molecular flexibility index (Phi) is 9.92. The van der Waals surface area contributed by atoms with Gasteiger partial charge < -0.3 is 19.9 Å². The lowest BCUT2D eigenvalue weighted by atomic mass is 10.3. The first-order chi connectivity index (χ1) is 11.2. The van der Waals surface area contributed by atoms with Crippen molar-refractivity contribution in [2.24, 2.45) is 4.99 Å². The average molecular weight is 448 g/mol. The van der Waals surface area contributed by atoms with E-state index in [1.165, 1.54) is 0 Å². The number of rotatable bonds is 6. The van der Waals surface area contributed by atoms with Crippen LogP contribution in [0.4, 0.5) is 5.95 Å². The summed E-state index contributed by atoms with van der Waals surface area (Å²) in [4.78, 5) is 17.5. The summed E-state index contributed by atoms with van der Waals surface area (Å²) in [7, 11) is 1.83. The van der Waals surface area contributed by atoms with Gasteiger partial charge in [-0.25, -0.2) is 9.97 Å². The molecule has 1 aliphatic rings. The van der Waals surface area contributed by atoms with E-state index in [1.54, 1.807) is 12.4 Å². The van der Waals surface area contributed by atoms with Gasteiger partial charge in [-0.2, -0.15) is 0 Å². The van der Waals surface area contributed by atoms with Gasteiger partial charge in [-0.15, -0.1) is 24.0 Å². The number of ether oxygens (including phenoxy) is 1. The number of nitrogens with zero attached hydrogens (tertiary/aromatic N) is 5. The van der Waals surface area contributed by atoms with Crippen LogP contribution in [0.25, 0.3) is 0 Å². The van der Waals surface area contributed by atoms with E-state index >= 15 is 0 Å². The molecule has 0 amide bonds. The second-order valence-electron chi connectivity index (χ2n) is 5.77. The van der Waals surface area contributed by atoms with Gasteiger partial charge in [0.15, 0.2) is 5.96 Å². The fourth-order valence-electron chi connectivity index (χ4n) is 2.50. The first-order valence-corrected chi connectivity index (χ1v) is 8.30. The molecule has 2 rings (SSSR count). The van der Waals surface area contributed by atoms with Crippen LogP contribution in [0.3, 0.4) is 0 Å². The lowest BCUT2D eigenvalue weighted by Crippen LogP contribution is -2.53. The Hall–Kier alpha value is -1.16. The number of aliphatic imine (C=N–C) groups is 1. The number of hydrogen-bond donors (Lipinski definition) is 1. The van der Waals surface area contributed by atoms with Gasteiger partial charge >= 0.3 is 0 Å². The summed E-state index contributed by atoms with van der Waals surface area (Å²) in [5, 5.41) is 3.41. The van der Waals surface area contributed by atoms with E-state index in [-0.39, 0.29) is 24.0 Å². The third-order valence-electron chi connectivity index (χ3n) is 3.68. The van der Waals surface area contributed by atoms with Crippen LogP contribution in [0.2, 0.25) is 0 Å². The zero-order chi connectivity index (χ0) is 16.5. The van der Waals surface area contributed by atoms with Gasteiger partial charge in [0.25, 0.3) is 0 Å². The fourth-order valence-corrected chi connectivity index (χ4v) is 2.50. The van der Waals surface area contributed by atoms with Crippen molar-refractivity contribution >= 4 is 35.9 Å². The molecule has 7 nitrogen and oxygen atoms in total. The number of piperazine rings is 1. The monoisotopic (exact) mass is 448 g/mol. The summed E-state index contributed by atoms with van der Waals surface area (Å²) in [5.41, 5.74) is 0. The molecule has 1 N–H and O–H groups in total. The van der Waals surface area contributed by atoms with Crippen LogP contribution < -0.4 is 10.2 Å². The molecule has 24 heavy (non-hydrogen) atoms. The zero-order valence-electron chi connectivity index (χ0n) is 14.8. The van der Waals surface area contributed by atoms with Gasteiger partial charge in [0.05, 0.1) is 6.10 Å². The van der Waals surface area contributed by atoms with Crippen molar-refractivity contribution in [2.45, 2.75) is 26.4 Å². The minimum atomic E-state index is 0. The minimum absolute atomic E-state index is 0. The molecule has 136 valence electrons. The highest BCUT2D eigenvalue weighted by Crippen LogP contribution is 2.09. The molecule has 0 aliphatic carbocycles. The van der Waals surface area contributed by atoms with Crippen molar-refractivity contribution in [2.75, 3.05) is 51.3 Å².